The van der Waals surface area contributed by atoms with Gasteiger partial charge in [-0.25, -0.2) is 0 Å². The summed E-state index contributed by atoms with van der Waals surface area (Å²) in [6, 6.07) is 15.2. The first-order valence-corrected chi connectivity index (χ1v) is 8.65. The lowest BCUT2D eigenvalue weighted by Crippen LogP contribution is -2.35. The Hall–Kier alpha value is -3.59. The van der Waals surface area contributed by atoms with Crippen LogP contribution in [-0.2, 0) is 4.79 Å². The van der Waals surface area contributed by atoms with Gasteiger partial charge in [-0.05, 0) is 35.5 Å². The van der Waals surface area contributed by atoms with Gasteiger partial charge in [0.1, 0.15) is 5.04 Å². The predicted octanol–water partition coefficient (Wildman–Crippen LogP) is 3.26. The minimum absolute atomic E-state index is 0.0458. The van der Waals surface area contributed by atoms with E-state index in [0.717, 1.165) is 5.56 Å². The number of hydrogen-bond donors (Lipinski definition) is 1. The van der Waals surface area contributed by atoms with E-state index in [4.69, 9.17) is 5.41 Å². The second kappa shape index (κ2) is 6.61. The molecule has 0 fully saturated rings. The molecular formula is C18H11N5O3S. The number of thioether (sulfide) groups is 1. The minimum Gasteiger partial charge on any atom is -0.282 e. The number of nitrogens with one attached hydrogen (secondary N) is 1. The van der Waals surface area contributed by atoms with Gasteiger partial charge < -0.3 is 0 Å². The molecular weight excluding hydrogens is 366 g/mol. The average molecular weight is 377 g/mol. The second-order valence-corrected chi connectivity index (χ2v) is 6.60. The van der Waals surface area contributed by atoms with Gasteiger partial charge in [0.2, 0.25) is 5.17 Å². The number of benzene rings is 2. The molecule has 0 atom stereocenters. The number of amidine groups is 2. The highest BCUT2D eigenvalue weighted by molar-refractivity contribution is 8.27. The summed E-state index contributed by atoms with van der Waals surface area (Å²) in [4.78, 5) is 26.6. The van der Waals surface area contributed by atoms with Crippen LogP contribution >= 0.6 is 11.8 Å². The van der Waals surface area contributed by atoms with Crippen molar-refractivity contribution in [1.29, 1.82) is 5.41 Å². The fourth-order valence-corrected chi connectivity index (χ4v) is 3.44. The summed E-state index contributed by atoms with van der Waals surface area (Å²) in [5, 5.41) is 25.8. The summed E-state index contributed by atoms with van der Waals surface area (Å²) < 4.78 is 0. The molecule has 132 valence electrons. The van der Waals surface area contributed by atoms with E-state index in [-0.39, 0.29) is 17.1 Å². The summed E-state index contributed by atoms with van der Waals surface area (Å²) in [7, 11) is 0. The lowest BCUT2D eigenvalue weighted by Gasteiger charge is -2.20. The molecule has 2 aliphatic heterocycles. The molecule has 0 spiro atoms. The Labute approximate surface area is 157 Å². The normalized spacial score (nSPS) is 17.6. The maximum absolute atomic E-state index is 12.4. The van der Waals surface area contributed by atoms with E-state index in [9.17, 15) is 14.9 Å². The summed E-state index contributed by atoms with van der Waals surface area (Å²) in [6.45, 7) is 0. The number of nitro benzene ring substituents is 1. The highest BCUT2D eigenvalue weighted by Crippen LogP contribution is 2.30. The first-order valence-electron chi connectivity index (χ1n) is 7.83. The molecule has 0 aliphatic carbocycles. The standard InChI is InChI=1S/C18H11N5O3S/c19-15-14(10-11-6-8-13(9-7-11)23(25)26)16(24)20-18-22(15)21-17(27-18)12-4-2-1-3-5-12/h1-10,19H. The summed E-state index contributed by atoms with van der Waals surface area (Å²) in [5.41, 5.74) is 1.47. The van der Waals surface area contributed by atoms with Crippen molar-refractivity contribution in [3.8, 4) is 0 Å². The number of non-ortho nitro benzene ring substituents is 1. The quantitative estimate of drug-likeness (QED) is 0.501. The number of carbonyl (C=O) groups is 1. The molecule has 2 aliphatic rings. The fourth-order valence-electron chi connectivity index (χ4n) is 2.55. The molecule has 27 heavy (non-hydrogen) atoms. The molecule has 4 rings (SSSR count). The molecule has 2 aromatic rings. The molecule has 0 saturated carbocycles. The van der Waals surface area contributed by atoms with Crippen LogP contribution in [0.3, 0.4) is 0 Å². The van der Waals surface area contributed by atoms with Crippen molar-refractivity contribution in [2.24, 2.45) is 10.1 Å². The Bertz CT molecular complexity index is 1060. The second-order valence-electron chi connectivity index (χ2n) is 5.64. The van der Waals surface area contributed by atoms with E-state index in [1.165, 1.54) is 47.1 Å². The Kier molecular flexibility index (Phi) is 4.13. The molecule has 0 radical (unpaired) electrons. The van der Waals surface area contributed by atoms with Crippen LogP contribution in [0.15, 0.2) is 70.3 Å². The molecule has 9 heteroatoms. The third-order valence-electron chi connectivity index (χ3n) is 3.89. The smallest absolute Gasteiger partial charge is 0.282 e. The number of nitro groups is 1. The van der Waals surface area contributed by atoms with Crippen molar-refractivity contribution in [2.45, 2.75) is 0 Å². The monoisotopic (exact) mass is 377 g/mol. The highest BCUT2D eigenvalue weighted by Gasteiger charge is 2.35. The highest BCUT2D eigenvalue weighted by atomic mass is 32.2. The fraction of sp³-hybridized carbons (Fsp3) is 0. The van der Waals surface area contributed by atoms with Gasteiger partial charge in [-0.2, -0.15) is 15.1 Å². The van der Waals surface area contributed by atoms with Gasteiger partial charge in [-0.15, -0.1) is 0 Å². The number of hydrogen-bond acceptors (Lipinski definition) is 6. The van der Waals surface area contributed by atoms with Crippen molar-refractivity contribution >= 4 is 45.5 Å². The maximum atomic E-state index is 12.4. The van der Waals surface area contributed by atoms with E-state index in [2.05, 4.69) is 10.1 Å². The average Bonchev–Trinajstić information content (AvgIpc) is 3.10. The van der Waals surface area contributed by atoms with Crippen LogP contribution in [0.2, 0.25) is 0 Å². The summed E-state index contributed by atoms with van der Waals surface area (Å²) in [5.74, 6) is -0.622. The number of carbonyl (C=O) groups excluding carboxylic acids is 1. The van der Waals surface area contributed by atoms with E-state index in [1.54, 1.807) is 0 Å². The van der Waals surface area contributed by atoms with E-state index in [0.29, 0.717) is 15.8 Å². The van der Waals surface area contributed by atoms with Crippen LogP contribution in [-0.4, -0.2) is 31.9 Å². The number of fused-ring (bicyclic) bond motifs is 1. The van der Waals surface area contributed by atoms with Gasteiger partial charge in [-0.1, -0.05) is 30.3 Å². The zero-order valence-corrected chi connectivity index (χ0v) is 14.5. The van der Waals surface area contributed by atoms with Crippen LogP contribution in [0, 0.1) is 15.5 Å². The predicted molar refractivity (Wildman–Crippen MR) is 104 cm³/mol. The molecule has 0 unspecified atom stereocenters. The maximum Gasteiger partial charge on any atom is 0.283 e. The molecule has 2 aromatic carbocycles. The van der Waals surface area contributed by atoms with Crippen molar-refractivity contribution in [2.75, 3.05) is 0 Å². The van der Waals surface area contributed by atoms with Gasteiger partial charge >= 0.3 is 0 Å². The van der Waals surface area contributed by atoms with Gasteiger partial charge in [0.25, 0.3) is 11.6 Å². The molecule has 0 aromatic heterocycles. The Morgan fingerprint density at radius 1 is 1.11 bits per heavy atom. The Morgan fingerprint density at radius 2 is 1.81 bits per heavy atom. The van der Waals surface area contributed by atoms with Crippen LogP contribution in [0.25, 0.3) is 6.08 Å². The van der Waals surface area contributed by atoms with E-state index < -0.39 is 10.8 Å². The van der Waals surface area contributed by atoms with Crippen molar-refractivity contribution in [3.63, 3.8) is 0 Å². The number of nitrogens with zero attached hydrogens (tertiary/aromatic N) is 4. The largest absolute Gasteiger partial charge is 0.283 e. The zero-order valence-electron chi connectivity index (χ0n) is 13.7. The summed E-state index contributed by atoms with van der Waals surface area (Å²) in [6.07, 6.45) is 1.48. The molecule has 0 saturated heterocycles. The van der Waals surface area contributed by atoms with Crippen LogP contribution in [0.1, 0.15) is 11.1 Å². The third-order valence-corrected chi connectivity index (χ3v) is 4.85. The lowest BCUT2D eigenvalue weighted by molar-refractivity contribution is -0.384. The Morgan fingerprint density at radius 3 is 2.48 bits per heavy atom. The zero-order chi connectivity index (χ0) is 19.0. The lowest BCUT2D eigenvalue weighted by atomic mass is 10.1. The van der Waals surface area contributed by atoms with Crippen molar-refractivity contribution in [1.82, 2.24) is 5.01 Å². The number of aliphatic imine (C=N–C) groups is 1. The topological polar surface area (TPSA) is 112 Å². The number of amides is 1. The molecule has 0 bridgehead atoms. The molecule has 8 nitrogen and oxygen atoms in total. The van der Waals surface area contributed by atoms with Gasteiger partial charge in [0.05, 0.1) is 10.5 Å². The first-order chi connectivity index (χ1) is 13.0. The molecule has 1 amide bonds. The first kappa shape index (κ1) is 16.9. The third kappa shape index (κ3) is 3.15. The van der Waals surface area contributed by atoms with Crippen LogP contribution in [0.5, 0.6) is 0 Å². The van der Waals surface area contributed by atoms with Gasteiger partial charge in [0, 0.05) is 17.7 Å². The molecule has 1 N–H and O–H groups in total. The number of hydrazone groups is 1. The number of rotatable bonds is 3. The Balaban J connectivity index is 1.66. The van der Waals surface area contributed by atoms with Gasteiger partial charge in [-0.3, -0.25) is 20.3 Å². The van der Waals surface area contributed by atoms with Crippen molar-refractivity contribution in [3.05, 3.63) is 81.4 Å². The molecule has 2 heterocycles. The van der Waals surface area contributed by atoms with Crippen molar-refractivity contribution < 1.29 is 9.72 Å². The SMILES string of the molecule is N=C1C(=Cc2ccc([N+](=O)[O-])cc2)C(=O)N=C2SC(c3ccccc3)=NN12. The van der Waals surface area contributed by atoms with E-state index >= 15 is 0 Å². The minimum atomic E-state index is -0.540. The van der Waals surface area contributed by atoms with Crippen LogP contribution < -0.4 is 0 Å². The van der Waals surface area contributed by atoms with Crippen LogP contribution in [0.4, 0.5) is 5.69 Å². The summed E-state index contributed by atoms with van der Waals surface area (Å²) >= 11 is 1.23. The van der Waals surface area contributed by atoms with Gasteiger partial charge in [0.15, 0.2) is 5.84 Å². The van der Waals surface area contributed by atoms with E-state index in [1.807, 2.05) is 30.3 Å².